The zero-order valence-corrected chi connectivity index (χ0v) is 8.31. The number of halogens is 2. The van der Waals surface area contributed by atoms with Crippen LogP contribution in [0.1, 0.15) is 30.2 Å². The van der Waals surface area contributed by atoms with Crippen molar-refractivity contribution in [3.63, 3.8) is 0 Å². The number of aliphatic hydroxyl groups is 1. The summed E-state index contributed by atoms with van der Waals surface area (Å²) in [6, 6.07) is 0. The summed E-state index contributed by atoms with van der Waals surface area (Å²) in [5.74, 6) is 0. The van der Waals surface area contributed by atoms with Crippen LogP contribution in [0.25, 0.3) is 0 Å². The number of fused-ring (bicyclic) bond motifs is 1. The van der Waals surface area contributed by atoms with Gasteiger partial charge in [0.1, 0.15) is 5.15 Å². The van der Waals surface area contributed by atoms with E-state index in [4.69, 9.17) is 23.2 Å². The van der Waals surface area contributed by atoms with Crippen LogP contribution in [0.4, 0.5) is 0 Å². The summed E-state index contributed by atoms with van der Waals surface area (Å²) < 4.78 is 0. The second-order valence-corrected chi connectivity index (χ2v) is 3.75. The van der Waals surface area contributed by atoms with Crippen molar-refractivity contribution in [3.05, 3.63) is 21.7 Å². The quantitative estimate of drug-likeness (QED) is 0.537. The highest BCUT2D eigenvalue weighted by atomic mass is 35.5. The maximum absolute atomic E-state index is 9.60. The van der Waals surface area contributed by atoms with Crippen molar-refractivity contribution >= 4 is 23.2 Å². The Morgan fingerprint density at radius 1 is 1.31 bits per heavy atom. The highest BCUT2D eigenvalue weighted by Gasteiger charge is 2.23. The molecule has 1 aliphatic rings. The van der Waals surface area contributed by atoms with E-state index in [1.165, 1.54) is 0 Å². The molecule has 1 aromatic heterocycles. The molecule has 1 unspecified atom stereocenters. The summed E-state index contributed by atoms with van der Waals surface area (Å²) in [5.41, 5.74) is 1.43. The third-order valence-corrected chi connectivity index (χ3v) is 2.66. The topological polar surface area (TPSA) is 46.0 Å². The van der Waals surface area contributed by atoms with E-state index < -0.39 is 6.10 Å². The lowest BCUT2D eigenvalue weighted by atomic mass is 9.95. The predicted molar refractivity (Wildman–Crippen MR) is 49.9 cm³/mol. The van der Waals surface area contributed by atoms with Gasteiger partial charge in [-0.05, 0) is 30.9 Å². The minimum absolute atomic E-state index is 0.102. The van der Waals surface area contributed by atoms with Crippen molar-refractivity contribution in [2.75, 3.05) is 0 Å². The third kappa shape index (κ3) is 1.64. The maximum atomic E-state index is 9.60. The van der Waals surface area contributed by atoms with Crippen molar-refractivity contribution in [3.8, 4) is 0 Å². The summed E-state index contributed by atoms with van der Waals surface area (Å²) in [4.78, 5) is 7.81. The molecule has 0 saturated heterocycles. The molecule has 1 N–H and O–H groups in total. The molecule has 0 spiro atoms. The van der Waals surface area contributed by atoms with E-state index in [0.29, 0.717) is 10.8 Å². The first-order valence-corrected chi connectivity index (χ1v) is 4.84. The monoisotopic (exact) mass is 218 g/mol. The Balaban J connectivity index is 2.56. The van der Waals surface area contributed by atoms with Crippen LogP contribution in [-0.2, 0) is 6.42 Å². The molecule has 1 heterocycles. The van der Waals surface area contributed by atoms with Crippen molar-refractivity contribution in [2.24, 2.45) is 0 Å². The van der Waals surface area contributed by atoms with E-state index in [0.717, 1.165) is 24.8 Å². The Morgan fingerprint density at radius 3 is 2.85 bits per heavy atom. The highest BCUT2D eigenvalue weighted by molar-refractivity contribution is 6.32. The van der Waals surface area contributed by atoms with Gasteiger partial charge in [0.05, 0.1) is 11.8 Å². The molecular weight excluding hydrogens is 211 g/mol. The van der Waals surface area contributed by atoms with Gasteiger partial charge >= 0.3 is 0 Å². The van der Waals surface area contributed by atoms with E-state index in [2.05, 4.69) is 9.97 Å². The predicted octanol–water partition coefficient (Wildman–Crippen LogP) is 2.15. The number of rotatable bonds is 0. The van der Waals surface area contributed by atoms with E-state index in [1.807, 2.05) is 0 Å². The molecule has 1 aromatic rings. The average molecular weight is 219 g/mol. The van der Waals surface area contributed by atoms with E-state index in [9.17, 15) is 5.11 Å². The molecule has 0 aliphatic heterocycles. The summed E-state index contributed by atoms with van der Waals surface area (Å²) in [6.45, 7) is 0. The standard InChI is InChI=1S/C8H8Cl2N2O/c9-7-4-2-1-3-5(13)6(4)11-8(10)12-7/h5,13H,1-3H2. The highest BCUT2D eigenvalue weighted by Crippen LogP contribution is 2.32. The van der Waals surface area contributed by atoms with Crippen molar-refractivity contribution in [1.82, 2.24) is 9.97 Å². The van der Waals surface area contributed by atoms with Gasteiger partial charge < -0.3 is 5.11 Å². The second kappa shape index (κ2) is 3.40. The van der Waals surface area contributed by atoms with Crippen molar-refractivity contribution in [1.29, 1.82) is 0 Å². The average Bonchev–Trinajstić information content (AvgIpc) is 2.07. The molecule has 2 rings (SSSR count). The van der Waals surface area contributed by atoms with Gasteiger partial charge in [0.25, 0.3) is 0 Å². The molecule has 0 radical (unpaired) electrons. The normalized spacial score (nSPS) is 21.3. The molecule has 0 aromatic carbocycles. The van der Waals surface area contributed by atoms with E-state index in [-0.39, 0.29) is 5.28 Å². The Kier molecular flexibility index (Phi) is 2.41. The first kappa shape index (κ1) is 9.19. The minimum atomic E-state index is -0.540. The second-order valence-electron chi connectivity index (χ2n) is 3.06. The zero-order valence-electron chi connectivity index (χ0n) is 6.80. The van der Waals surface area contributed by atoms with Gasteiger partial charge in [0, 0.05) is 5.56 Å². The number of aromatic nitrogens is 2. The van der Waals surface area contributed by atoms with Gasteiger partial charge in [-0.25, -0.2) is 9.97 Å². The van der Waals surface area contributed by atoms with Gasteiger partial charge in [-0.2, -0.15) is 0 Å². The molecule has 70 valence electrons. The minimum Gasteiger partial charge on any atom is -0.387 e. The third-order valence-electron chi connectivity index (χ3n) is 2.18. The largest absolute Gasteiger partial charge is 0.387 e. The molecule has 5 heteroatoms. The van der Waals surface area contributed by atoms with Gasteiger partial charge in [0.15, 0.2) is 0 Å². The van der Waals surface area contributed by atoms with Gasteiger partial charge in [-0.3, -0.25) is 0 Å². The molecule has 1 aliphatic carbocycles. The van der Waals surface area contributed by atoms with Crippen LogP contribution in [0.15, 0.2) is 0 Å². The fourth-order valence-corrected chi connectivity index (χ4v) is 2.05. The van der Waals surface area contributed by atoms with Gasteiger partial charge in [-0.1, -0.05) is 11.6 Å². The summed E-state index contributed by atoms with van der Waals surface area (Å²) in [7, 11) is 0. The van der Waals surface area contributed by atoms with E-state index in [1.54, 1.807) is 0 Å². The Labute approximate surface area is 85.7 Å². The number of aliphatic hydroxyl groups excluding tert-OH is 1. The van der Waals surface area contributed by atoms with Crippen LogP contribution in [0.3, 0.4) is 0 Å². The number of hydrogen-bond acceptors (Lipinski definition) is 3. The summed E-state index contributed by atoms with van der Waals surface area (Å²) >= 11 is 11.5. The van der Waals surface area contributed by atoms with Crippen molar-refractivity contribution < 1.29 is 5.11 Å². The maximum Gasteiger partial charge on any atom is 0.224 e. The van der Waals surface area contributed by atoms with Crippen LogP contribution in [0.2, 0.25) is 10.4 Å². The molecule has 0 saturated carbocycles. The molecule has 0 bridgehead atoms. The Morgan fingerprint density at radius 2 is 2.08 bits per heavy atom. The first-order valence-electron chi connectivity index (χ1n) is 4.08. The van der Waals surface area contributed by atoms with Crippen LogP contribution in [-0.4, -0.2) is 15.1 Å². The molecule has 1 atom stereocenters. The van der Waals surface area contributed by atoms with Crippen molar-refractivity contribution in [2.45, 2.75) is 25.4 Å². The lowest BCUT2D eigenvalue weighted by molar-refractivity contribution is 0.151. The molecule has 3 nitrogen and oxygen atoms in total. The first-order chi connectivity index (χ1) is 6.18. The summed E-state index contributed by atoms with van der Waals surface area (Å²) in [5, 5.41) is 10.1. The van der Waals surface area contributed by atoms with Gasteiger partial charge in [0.2, 0.25) is 5.28 Å². The zero-order chi connectivity index (χ0) is 9.42. The van der Waals surface area contributed by atoms with Crippen LogP contribution in [0, 0.1) is 0 Å². The smallest absolute Gasteiger partial charge is 0.224 e. The molecule has 0 fully saturated rings. The Hall–Kier alpha value is -0.380. The summed E-state index contributed by atoms with van der Waals surface area (Å²) in [6.07, 6.45) is 1.92. The molecule has 0 amide bonds. The lowest BCUT2D eigenvalue weighted by Gasteiger charge is -2.20. The Bertz CT molecular complexity index is 343. The molecular formula is C8H8Cl2N2O. The SMILES string of the molecule is OC1CCCc2c(Cl)nc(Cl)nc21. The lowest BCUT2D eigenvalue weighted by Crippen LogP contribution is -2.13. The number of hydrogen-bond donors (Lipinski definition) is 1. The van der Waals surface area contributed by atoms with Crippen LogP contribution >= 0.6 is 23.2 Å². The fourth-order valence-electron chi connectivity index (χ4n) is 1.56. The van der Waals surface area contributed by atoms with E-state index >= 15 is 0 Å². The molecule has 13 heavy (non-hydrogen) atoms. The fraction of sp³-hybridized carbons (Fsp3) is 0.500. The van der Waals surface area contributed by atoms with Crippen LogP contribution in [0.5, 0.6) is 0 Å². The van der Waals surface area contributed by atoms with Crippen LogP contribution < -0.4 is 0 Å². The van der Waals surface area contributed by atoms with Gasteiger partial charge in [-0.15, -0.1) is 0 Å². The number of nitrogens with zero attached hydrogens (tertiary/aromatic N) is 2.